The molecule has 1 unspecified atom stereocenters. The smallest absolute Gasteiger partial charge is 0.133 e. The topological polar surface area (TPSA) is 56.4 Å². The summed E-state index contributed by atoms with van der Waals surface area (Å²) in [7, 11) is 0. The van der Waals surface area contributed by atoms with E-state index in [1.165, 1.54) is 56.7 Å². The van der Waals surface area contributed by atoms with E-state index in [9.17, 15) is 5.11 Å². The highest BCUT2D eigenvalue weighted by Crippen LogP contribution is 2.14. The van der Waals surface area contributed by atoms with Gasteiger partial charge in [-0.25, -0.2) is 4.99 Å². The number of rotatable bonds is 17. The van der Waals surface area contributed by atoms with E-state index in [1.807, 2.05) is 0 Å². The minimum Gasteiger partial charge on any atom is -0.393 e. The van der Waals surface area contributed by atoms with Crippen molar-refractivity contribution < 1.29 is 5.11 Å². The number of isothiocyanates is 1. The number of nitriles is 1. The van der Waals surface area contributed by atoms with Crippen LogP contribution in [0.3, 0.4) is 0 Å². The van der Waals surface area contributed by atoms with Gasteiger partial charge in [-0.05, 0) is 49.7 Å². The molecular formula is C18H32N2OS2. The molecule has 0 aromatic carbocycles. The summed E-state index contributed by atoms with van der Waals surface area (Å²) >= 11 is 5.88. The largest absolute Gasteiger partial charge is 0.393 e. The van der Waals surface area contributed by atoms with Crippen LogP contribution < -0.4 is 0 Å². The Bertz CT molecular complexity index is 338. The molecular weight excluding hydrogens is 324 g/mol. The van der Waals surface area contributed by atoms with Crippen LogP contribution in [0.15, 0.2) is 4.99 Å². The average molecular weight is 357 g/mol. The number of hydrogen-bond donors (Lipinski definition) is 1. The molecule has 3 nitrogen and oxygen atoms in total. The third-order valence-electron chi connectivity index (χ3n) is 3.97. The maximum absolute atomic E-state index is 9.95. The molecule has 0 aromatic heterocycles. The van der Waals surface area contributed by atoms with E-state index in [0.717, 1.165) is 50.8 Å². The molecule has 1 N–H and O–H groups in total. The van der Waals surface area contributed by atoms with Crippen molar-refractivity contribution >= 4 is 29.1 Å². The fourth-order valence-corrected chi connectivity index (χ4v) is 3.13. The van der Waals surface area contributed by atoms with Gasteiger partial charge in [0.2, 0.25) is 0 Å². The van der Waals surface area contributed by atoms with Crippen LogP contribution in [0.25, 0.3) is 0 Å². The molecule has 0 amide bonds. The molecule has 5 heteroatoms. The Kier molecular flexibility index (Phi) is 19.3. The van der Waals surface area contributed by atoms with Crippen molar-refractivity contribution in [2.24, 2.45) is 4.99 Å². The average Bonchev–Trinajstić information content (AvgIpc) is 2.56. The molecule has 0 aliphatic carbocycles. The zero-order valence-corrected chi connectivity index (χ0v) is 16.0. The first-order valence-electron chi connectivity index (χ1n) is 9.04. The lowest BCUT2D eigenvalue weighted by Crippen LogP contribution is -2.05. The van der Waals surface area contributed by atoms with Gasteiger partial charge in [0, 0.05) is 12.3 Å². The van der Waals surface area contributed by atoms with E-state index in [2.05, 4.69) is 27.8 Å². The molecule has 0 bridgehead atoms. The SMILES string of the molecule is N#CSCCCCCCCCC(O)CCCCCCCN=C=S. The Labute approximate surface area is 152 Å². The number of hydrogen-bond acceptors (Lipinski definition) is 5. The Hall–Kier alpha value is -0.400. The molecule has 0 aromatic rings. The number of aliphatic hydroxyl groups is 1. The minimum absolute atomic E-state index is 0.110. The standard InChI is InChI=1S/C18H32N2OS2/c19-16-23-15-11-7-2-1-4-8-12-18(21)13-9-5-3-6-10-14-20-17-22/h18,21H,1-15H2. The molecule has 0 radical (unpaired) electrons. The van der Waals surface area contributed by atoms with Crippen LogP contribution in [0, 0.1) is 10.7 Å². The maximum Gasteiger partial charge on any atom is 0.133 e. The number of aliphatic imine (C=N–C) groups is 1. The Balaban J connectivity index is 3.17. The van der Waals surface area contributed by atoms with Crippen molar-refractivity contribution in [3.63, 3.8) is 0 Å². The number of thioether (sulfide) groups is 1. The number of thiocyanates is 1. The monoisotopic (exact) mass is 356 g/mol. The molecule has 132 valence electrons. The summed E-state index contributed by atoms with van der Waals surface area (Å²) in [5, 5.41) is 22.9. The van der Waals surface area contributed by atoms with Gasteiger partial charge in [0.15, 0.2) is 0 Å². The van der Waals surface area contributed by atoms with Gasteiger partial charge in [-0.3, -0.25) is 0 Å². The first-order valence-corrected chi connectivity index (χ1v) is 10.4. The summed E-state index contributed by atoms with van der Waals surface area (Å²) in [5.41, 5.74) is 0. The predicted octanol–water partition coefficient (Wildman–Crippen LogP) is 5.74. The van der Waals surface area contributed by atoms with Crippen LogP contribution >= 0.6 is 24.0 Å². The summed E-state index contributed by atoms with van der Waals surface area (Å²) in [6.07, 6.45) is 14.9. The first kappa shape index (κ1) is 22.6. The van der Waals surface area contributed by atoms with Crippen LogP contribution in [-0.4, -0.2) is 28.7 Å². The summed E-state index contributed by atoms with van der Waals surface area (Å²) in [6.45, 7) is 0.809. The third-order valence-corrected chi connectivity index (χ3v) is 4.72. The summed E-state index contributed by atoms with van der Waals surface area (Å²) < 4.78 is 0. The molecule has 0 fully saturated rings. The van der Waals surface area contributed by atoms with E-state index in [1.54, 1.807) is 0 Å². The Morgan fingerprint density at radius 2 is 1.39 bits per heavy atom. The van der Waals surface area contributed by atoms with E-state index < -0.39 is 0 Å². The van der Waals surface area contributed by atoms with Gasteiger partial charge in [0.05, 0.1) is 11.3 Å². The van der Waals surface area contributed by atoms with Gasteiger partial charge in [-0.2, -0.15) is 5.26 Å². The van der Waals surface area contributed by atoms with E-state index in [0.29, 0.717) is 0 Å². The first-order chi connectivity index (χ1) is 11.3. The van der Waals surface area contributed by atoms with E-state index in [4.69, 9.17) is 5.26 Å². The predicted molar refractivity (Wildman–Crippen MR) is 104 cm³/mol. The summed E-state index contributed by atoms with van der Waals surface area (Å²) in [4.78, 5) is 3.90. The van der Waals surface area contributed by atoms with Gasteiger partial charge < -0.3 is 5.11 Å². The van der Waals surface area contributed by atoms with Crippen molar-refractivity contribution in [2.45, 2.75) is 89.6 Å². The molecule has 0 aliphatic rings. The lowest BCUT2D eigenvalue weighted by molar-refractivity contribution is 0.147. The second kappa shape index (κ2) is 19.6. The fraction of sp³-hybridized carbons (Fsp3) is 0.889. The Morgan fingerprint density at radius 1 is 0.870 bits per heavy atom. The van der Waals surface area contributed by atoms with Crippen LogP contribution in [0.1, 0.15) is 83.5 Å². The molecule has 23 heavy (non-hydrogen) atoms. The van der Waals surface area contributed by atoms with Crippen molar-refractivity contribution in [2.75, 3.05) is 12.3 Å². The molecule has 1 atom stereocenters. The second-order valence-corrected chi connectivity index (χ2v) is 7.10. The van der Waals surface area contributed by atoms with Crippen molar-refractivity contribution in [3.8, 4) is 5.40 Å². The van der Waals surface area contributed by atoms with Gasteiger partial charge in [-0.15, -0.1) is 0 Å². The maximum atomic E-state index is 9.95. The zero-order chi connectivity index (χ0) is 17.0. The second-order valence-electron chi connectivity index (χ2n) is 6.03. The lowest BCUT2D eigenvalue weighted by atomic mass is 10.0. The van der Waals surface area contributed by atoms with Crippen molar-refractivity contribution in [1.82, 2.24) is 0 Å². The van der Waals surface area contributed by atoms with Gasteiger partial charge in [-0.1, -0.05) is 57.8 Å². The highest BCUT2D eigenvalue weighted by atomic mass is 32.2. The molecule has 0 rings (SSSR count). The molecule has 0 saturated heterocycles. The van der Waals surface area contributed by atoms with Gasteiger partial charge in [0.25, 0.3) is 0 Å². The number of unbranched alkanes of at least 4 members (excludes halogenated alkanes) is 9. The summed E-state index contributed by atoms with van der Waals surface area (Å²) in [5.74, 6) is 0.967. The quantitative estimate of drug-likeness (QED) is 0.156. The summed E-state index contributed by atoms with van der Waals surface area (Å²) in [6, 6.07) is 0. The number of aliphatic hydroxyl groups excluding tert-OH is 1. The number of nitrogens with zero attached hydrogens (tertiary/aromatic N) is 2. The van der Waals surface area contributed by atoms with Gasteiger partial charge in [0.1, 0.15) is 5.40 Å². The van der Waals surface area contributed by atoms with Crippen LogP contribution in [0.5, 0.6) is 0 Å². The van der Waals surface area contributed by atoms with Crippen molar-refractivity contribution in [1.29, 1.82) is 5.26 Å². The zero-order valence-electron chi connectivity index (χ0n) is 14.3. The molecule has 0 saturated carbocycles. The third kappa shape index (κ3) is 19.6. The fourth-order valence-electron chi connectivity index (χ4n) is 2.60. The molecule has 0 aliphatic heterocycles. The van der Waals surface area contributed by atoms with Crippen LogP contribution in [0.2, 0.25) is 0 Å². The number of thiocarbonyl (C=S) groups is 1. The highest BCUT2D eigenvalue weighted by Gasteiger charge is 2.03. The minimum atomic E-state index is -0.110. The van der Waals surface area contributed by atoms with E-state index >= 15 is 0 Å². The Morgan fingerprint density at radius 3 is 1.96 bits per heavy atom. The van der Waals surface area contributed by atoms with Crippen LogP contribution in [0.4, 0.5) is 0 Å². The van der Waals surface area contributed by atoms with Crippen LogP contribution in [-0.2, 0) is 0 Å². The normalized spacial score (nSPS) is 11.7. The van der Waals surface area contributed by atoms with Crippen molar-refractivity contribution in [3.05, 3.63) is 0 Å². The lowest BCUT2D eigenvalue weighted by Gasteiger charge is -2.10. The van der Waals surface area contributed by atoms with E-state index in [-0.39, 0.29) is 6.10 Å². The molecule has 0 heterocycles. The van der Waals surface area contributed by atoms with Gasteiger partial charge >= 0.3 is 0 Å². The highest BCUT2D eigenvalue weighted by molar-refractivity contribution is 8.03. The molecule has 0 spiro atoms.